The van der Waals surface area contributed by atoms with E-state index >= 15 is 0 Å². The summed E-state index contributed by atoms with van der Waals surface area (Å²) in [6.45, 7) is 5.43. The quantitative estimate of drug-likeness (QED) is 0.776. The van der Waals surface area contributed by atoms with E-state index in [-0.39, 0.29) is 5.91 Å². The number of hydrogen-bond acceptors (Lipinski definition) is 5. The largest absolute Gasteiger partial charge is 0.345 e. The van der Waals surface area contributed by atoms with Crippen LogP contribution in [0.3, 0.4) is 0 Å². The maximum Gasteiger partial charge on any atom is 0.219 e. The first kappa shape index (κ1) is 10.5. The Morgan fingerprint density at radius 2 is 2.06 bits per heavy atom. The van der Waals surface area contributed by atoms with Crippen molar-refractivity contribution in [1.82, 2.24) is 15.1 Å². The molecular formula is C9H11BrN4OS. The third kappa shape index (κ3) is 1.53. The van der Waals surface area contributed by atoms with Gasteiger partial charge in [-0.1, -0.05) is 11.3 Å². The van der Waals surface area contributed by atoms with Crippen LogP contribution in [0.4, 0.5) is 5.13 Å². The van der Waals surface area contributed by atoms with E-state index in [2.05, 4.69) is 31.0 Å². The minimum Gasteiger partial charge on any atom is -0.345 e. The molecule has 2 saturated heterocycles. The van der Waals surface area contributed by atoms with E-state index in [0.29, 0.717) is 5.41 Å². The molecule has 1 amide bonds. The number of aromatic nitrogens is 2. The maximum atomic E-state index is 11.1. The lowest BCUT2D eigenvalue weighted by Crippen LogP contribution is -2.72. The van der Waals surface area contributed by atoms with Crippen LogP contribution >= 0.6 is 27.3 Å². The van der Waals surface area contributed by atoms with E-state index in [9.17, 15) is 4.79 Å². The molecule has 0 N–H and O–H groups in total. The van der Waals surface area contributed by atoms with Gasteiger partial charge in [0.2, 0.25) is 11.0 Å². The van der Waals surface area contributed by atoms with Crippen molar-refractivity contribution in [2.45, 2.75) is 6.92 Å². The average Bonchev–Trinajstić information content (AvgIpc) is 2.46. The van der Waals surface area contributed by atoms with Crippen LogP contribution in [0.1, 0.15) is 6.92 Å². The number of anilines is 1. The van der Waals surface area contributed by atoms with Crippen molar-refractivity contribution in [3.05, 3.63) is 3.92 Å². The fraction of sp³-hybridized carbons (Fsp3) is 0.667. The topological polar surface area (TPSA) is 49.3 Å². The van der Waals surface area contributed by atoms with Crippen molar-refractivity contribution in [2.75, 3.05) is 31.1 Å². The van der Waals surface area contributed by atoms with E-state index in [1.165, 1.54) is 0 Å². The normalized spacial score (nSPS) is 21.9. The summed E-state index contributed by atoms with van der Waals surface area (Å²) in [4.78, 5) is 15.2. The highest BCUT2D eigenvalue weighted by Gasteiger charge is 2.53. The Bertz CT molecular complexity index is 434. The van der Waals surface area contributed by atoms with Crippen LogP contribution in [0.15, 0.2) is 3.92 Å². The lowest BCUT2D eigenvalue weighted by Gasteiger charge is -2.59. The Hall–Kier alpha value is -0.690. The first-order chi connectivity index (χ1) is 7.58. The molecule has 0 bridgehead atoms. The van der Waals surface area contributed by atoms with Gasteiger partial charge in [-0.2, -0.15) is 0 Å². The summed E-state index contributed by atoms with van der Waals surface area (Å²) >= 11 is 4.86. The van der Waals surface area contributed by atoms with Gasteiger partial charge in [-0.25, -0.2) is 0 Å². The lowest BCUT2D eigenvalue weighted by atomic mass is 9.73. The highest BCUT2D eigenvalue weighted by atomic mass is 79.9. The highest BCUT2D eigenvalue weighted by molar-refractivity contribution is 9.11. The Morgan fingerprint density at radius 1 is 1.38 bits per heavy atom. The molecule has 0 aliphatic carbocycles. The zero-order valence-electron chi connectivity index (χ0n) is 8.81. The van der Waals surface area contributed by atoms with Crippen LogP contribution in [0.2, 0.25) is 0 Å². The van der Waals surface area contributed by atoms with Crippen molar-refractivity contribution in [2.24, 2.45) is 5.41 Å². The molecular weight excluding hydrogens is 292 g/mol. The van der Waals surface area contributed by atoms with E-state index in [4.69, 9.17) is 0 Å². The van der Waals surface area contributed by atoms with E-state index < -0.39 is 0 Å². The number of likely N-dealkylation sites (tertiary alicyclic amines) is 1. The Balaban J connectivity index is 1.58. The maximum absolute atomic E-state index is 11.1. The van der Waals surface area contributed by atoms with Crippen molar-refractivity contribution < 1.29 is 4.79 Å². The Labute approximate surface area is 106 Å². The second kappa shape index (κ2) is 3.40. The summed E-state index contributed by atoms with van der Waals surface area (Å²) in [5.74, 6) is 0.183. The molecule has 0 unspecified atom stereocenters. The summed E-state index contributed by atoms with van der Waals surface area (Å²) in [7, 11) is 0. The number of carbonyl (C=O) groups excluding carboxylic acids is 1. The Morgan fingerprint density at radius 3 is 2.56 bits per heavy atom. The highest BCUT2D eigenvalue weighted by Crippen LogP contribution is 2.42. The van der Waals surface area contributed by atoms with Crippen LogP contribution in [-0.4, -0.2) is 47.2 Å². The van der Waals surface area contributed by atoms with Gasteiger partial charge in [0.25, 0.3) is 0 Å². The molecule has 1 aromatic rings. The molecule has 2 aliphatic heterocycles. The summed E-state index contributed by atoms with van der Waals surface area (Å²) < 4.78 is 0.822. The first-order valence-corrected chi connectivity index (χ1v) is 6.68. The molecule has 2 aliphatic rings. The van der Waals surface area contributed by atoms with Crippen LogP contribution in [0.25, 0.3) is 0 Å². The predicted molar refractivity (Wildman–Crippen MR) is 64.5 cm³/mol. The molecule has 7 heteroatoms. The molecule has 0 aromatic carbocycles. The molecule has 2 fully saturated rings. The fourth-order valence-electron chi connectivity index (χ4n) is 2.41. The summed E-state index contributed by atoms with van der Waals surface area (Å²) in [5.41, 5.74) is 0.337. The number of amides is 1. The van der Waals surface area contributed by atoms with Gasteiger partial charge in [0.15, 0.2) is 3.92 Å². The smallest absolute Gasteiger partial charge is 0.219 e. The number of nitrogens with zero attached hydrogens (tertiary/aromatic N) is 4. The molecule has 5 nitrogen and oxygen atoms in total. The van der Waals surface area contributed by atoms with Gasteiger partial charge in [0, 0.05) is 38.5 Å². The monoisotopic (exact) mass is 302 g/mol. The van der Waals surface area contributed by atoms with Gasteiger partial charge in [0.1, 0.15) is 0 Å². The Kier molecular flexibility index (Phi) is 2.22. The molecule has 86 valence electrons. The molecule has 0 saturated carbocycles. The molecule has 3 rings (SSSR count). The summed E-state index contributed by atoms with van der Waals surface area (Å²) in [6.07, 6.45) is 0. The van der Waals surface area contributed by atoms with Crippen LogP contribution in [0, 0.1) is 5.41 Å². The van der Waals surface area contributed by atoms with Gasteiger partial charge in [0.05, 0.1) is 0 Å². The van der Waals surface area contributed by atoms with Gasteiger partial charge in [-0.15, -0.1) is 10.2 Å². The number of rotatable bonds is 1. The fourth-order valence-corrected chi connectivity index (χ4v) is 3.50. The number of hydrogen-bond donors (Lipinski definition) is 0. The van der Waals surface area contributed by atoms with Crippen molar-refractivity contribution in [3.63, 3.8) is 0 Å². The average molecular weight is 303 g/mol. The molecule has 1 aromatic heterocycles. The number of carbonyl (C=O) groups is 1. The van der Waals surface area contributed by atoms with Crippen LogP contribution in [-0.2, 0) is 4.79 Å². The van der Waals surface area contributed by atoms with Crippen molar-refractivity contribution in [3.8, 4) is 0 Å². The first-order valence-electron chi connectivity index (χ1n) is 5.07. The molecule has 1 spiro atoms. The zero-order chi connectivity index (χ0) is 11.3. The van der Waals surface area contributed by atoms with Crippen LogP contribution in [0.5, 0.6) is 0 Å². The van der Waals surface area contributed by atoms with Gasteiger partial charge in [-0.05, 0) is 15.9 Å². The molecule has 16 heavy (non-hydrogen) atoms. The molecule has 0 atom stereocenters. The van der Waals surface area contributed by atoms with E-state index in [0.717, 1.165) is 35.2 Å². The molecule has 0 radical (unpaired) electrons. The van der Waals surface area contributed by atoms with E-state index in [1.807, 2.05) is 4.90 Å². The van der Waals surface area contributed by atoms with Gasteiger partial charge in [-0.3, -0.25) is 4.79 Å². The standard InChI is InChI=1S/C9H11BrN4OS/c1-6(15)13-2-9(3-13)4-14(5-9)8-12-11-7(10)16-8/h2-5H2,1H3. The van der Waals surface area contributed by atoms with Gasteiger partial charge < -0.3 is 9.80 Å². The second-order valence-corrected chi connectivity index (χ2v) is 6.80. The van der Waals surface area contributed by atoms with Gasteiger partial charge >= 0.3 is 0 Å². The third-order valence-corrected chi connectivity index (χ3v) is 4.63. The minimum atomic E-state index is 0.183. The minimum absolute atomic E-state index is 0.183. The SMILES string of the molecule is CC(=O)N1CC2(C1)CN(c1nnc(Br)s1)C2. The second-order valence-electron chi connectivity index (χ2n) is 4.57. The molecule has 3 heterocycles. The summed E-state index contributed by atoms with van der Waals surface area (Å²) in [5, 5.41) is 8.99. The van der Waals surface area contributed by atoms with Crippen molar-refractivity contribution >= 4 is 38.3 Å². The van der Waals surface area contributed by atoms with Crippen LogP contribution < -0.4 is 4.90 Å². The predicted octanol–water partition coefficient (Wildman–Crippen LogP) is 0.969. The summed E-state index contributed by atoms with van der Waals surface area (Å²) in [6, 6.07) is 0. The lowest BCUT2D eigenvalue weighted by molar-refractivity contribution is -0.142. The third-order valence-electron chi connectivity index (χ3n) is 3.21. The van der Waals surface area contributed by atoms with Crippen molar-refractivity contribution in [1.29, 1.82) is 0 Å². The zero-order valence-corrected chi connectivity index (χ0v) is 11.2. The van der Waals surface area contributed by atoms with E-state index in [1.54, 1.807) is 18.3 Å². The number of halogens is 1.